The van der Waals surface area contributed by atoms with Gasteiger partial charge in [0.05, 0.1) is 42.7 Å². The lowest BCUT2D eigenvalue weighted by atomic mass is 9.89. The number of rotatable bonds is 23. The Morgan fingerprint density at radius 2 is 1.38 bits per heavy atom. The van der Waals surface area contributed by atoms with E-state index in [0.29, 0.717) is 24.3 Å². The first-order valence-corrected chi connectivity index (χ1v) is 22.8. The molecule has 1 aliphatic heterocycles. The topological polar surface area (TPSA) is 167 Å². The zero-order valence-electron chi connectivity index (χ0n) is 40.6. The van der Waals surface area contributed by atoms with Crippen LogP contribution in [-0.2, 0) is 39.9 Å². The second-order valence-electron chi connectivity index (χ2n) is 18.5. The number of nitrogens with zero attached hydrogens (tertiary/aromatic N) is 4. The number of hydrogen-bond acceptors (Lipinski definition) is 9. The van der Waals surface area contributed by atoms with E-state index in [4.69, 9.17) is 15.2 Å². The number of nitrogens with one attached hydrogen (secondary N) is 2. The molecule has 9 atom stereocenters. The van der Waals surface area contributed by atoms with Gasteiger partial charge in [-0.3, -0.25) is 28.9 Å². The molecule has 63 heavy (non-hydrogen) atoms. The number of nitrogen functional groups attached to an aromatic ring is 1. The van der Waals surface area contributed by atoms with Crippen molar-refractivity contribution in [2.75, 3.05) is 53.0 Å². The minimum absolute atomic E-state index is 0.00316. The number of hydrogen-bond donors (Lipinski definition) is 3. The first-order valence-electron chi connectivity index (χ1n) is 22.8. The first kappa shape index (κ1) is 52.8. The SMILES string of the molecule is CC[C@H](C)[C@@H]([C@@H](CC(=O)N1CCC[C@H]1[C@H](OC)[C@@H](C)C(=O)N[C@@H](Cc1ccccc1)C(=O)Nc1ccc(N)cc1)OC)N(C)C(=O)[C@H](C(C)C)N(C)C(=O)[C@H](C(C)C)N(C)C(C)C. The van der Waals surface area contributed by atoms with Gasteiger partial charge in [0.2, 0.25) is 29.5 Å². The van der Waals surface area contributed by atoms with Gasteiger partial charge in [0.1, 0.15) is 12.1 Å². The summed E-state index contributed by atoms with van der Waals surface area (Å²) in [6.45, 7) is 18.4. The van der Waals surface area contributed by atoms with E-state index in [1.54, 1.807) is 74.2 Å². The normalized spacial score (nSPS) is 18.1. The maximum Gasteiger partial charge on any atom is 0.247 e. The molecule has 0 radical (unpaired) electrons. The van der Waals surface area contributed by atoms with Gasteiger partial charge in [0.15, 0.2) is 0 Å². The number of likely N-dealkylation sites (N-methyl/N-ethyl adjacent to an activating group) is 3. The molecular weight excluding hydrogens is 799 g/mol. The van der Waals surface area contributed by atoms with Crippen LogP contribution in [0.15, 0.2) is 54.6 Å². The van der Waals surface area contributed by atoms with Crippen LogP contribution in [0.2, 0.25) is 0 Å². The third kappa shape index (κ3) is 13.7. The van der Waals surface area contributed by atoms with Crippen LogP contribution in [0.1, 0.15) is 93.6 Å². The monoisotopic (exact) mass is 878 g/mol. The molecule has 1 fully saturated rings. The molecule has 0 bridgehead atoms. The van der Waals surface area contributed by atoms with Crippen LogP contribution in [0.5, 0.6) is 0 Å². The van der Waals surface area contributed by atoms with E-state index in [0.717, 1.165) is 18.4 Å². The number of benzene rings is 2. The van der Waals surface area contributed by atoms with E-state index >= 15 is 0 Å². The third-order valence-electron chi connectivity index (χ3n) is 13.1. The van der Waals surface area contributed by atoms with E-state index in [9.17, 15) is 24.0 Å². The Bertz CT molecular complexity index is 1770. The largest absolute Gasteiger partial charge is 0.399 e. The summed E-state index contributed by atoms with van der Waals surface area (Å²) in [5.41, 5.74) is 7.85. The molecule has 2 aromatic carbocycles. The molecule has 0 aromatic heterocycles. The Morgan fingerprint density at radius 1 is 0.794 bits per heavy atom. The highest BCUT2D eigenvalue weighted by molar-refractivity contribution is 5.98. The molecule has 1 heterocycles. The van der Waals surface area contributed by atoms with Crippen molar-refractivity contribution in [2.45, 2.75) is 143 Å². The van der Waals surface area contributed by atoms with Gasteiger partial charge >= 0.3 is 0 Å². The van der Waals surface area contributed by atoms with Crippen LogP contribution in [0.4, 0.5) is 11.4 Å². The Balaban J connectivity index is 1.84. The van der Waals surface area contributed by atoms with Crippen LogP contribution in [-0.4, -0.2) is 140 Å². The summed E-state index contributed by atoms with van der Waals surface area (Å²) in [6.07, 6.45) is 0.988. The van der Waals surface area contributed by atoms with Gasteiger partial charge in [0, 0.05) is 58.7 Å². The van der Waals surface area contributed by atoms with Gasteiger partial charge < -0.3 is 40.5 Å². The van der Waals surface area contributed by atoms with Gasteiger partial charge in [0.25, 0.3) is 0 Å². The molecule has 2 aromatic rings. The lowest BCUT2D eigenvalue weighted by Crippen LogP contribution is -2.60. The molecule has 4 N–H and O–H groups in total. The number of anilines is 2. The Morgan fingerprint density at radius 3 is 1.90 bits per heavy atom. The van der Waals surface area contributed by atoms with Crippen LogP contribution in [0.25, 0.3) is 0 Å². The van der Waals surface area contributed by atoms with E-state index in [-0.39, 0.29) is 66.2 Å². The zero-order chi connectivity index (χ0) is 47.3. The predicted octanol–water partition coefficient (Wildman–Crippen LogP) is 5.70. The van der Waals surface area contributed by atoms with Crippen LogP contribution >= 0.6 is 0 Å². The number of carbonyl (C=O) groups excluding carboxylic acids is 5. The summed E-state index contributed by atoms with van der Waals surface area (Å²) in [4.78, 5) is 78.2. The fourth-order valence-electron chi connectivity index (χ4n) is 9.17. The summed E-state index contributed by atoms with van der Waals surface area (Å²) in [5.74, 6) is -2.17. The maximum atomic E-state index is 14.7. The van der Waals surface area contributed by atoms with Crippen molar-refractivity contribution in [3.63, 3.8) is 0 Å². The van der Waals surface area contributed by atoms with Crippen LogP contribution in [0, 0.1) is 23.7 Å². The average Bonchev–Trinajstić information content (AvgIpc) is 3.73. The number of amides is 5. The molecule has 1 aliphatic rings. The molecule has 1 saturated heterocycles. The fourth-order valence-corrected chi connectivity index (χ4v) is 9.17. The van der Waals surface area contributed by atoms with E-state index in [1.165, 1.54) is 0 Å². The van der Waals surface area contributed by atoms with Gasteiger partial charge in [-0.2, -0.15) is 0 Å². The molecule has 3 rings (SSSR count). The van der Waals surface area contributed by atoms with Gasteiger partial charge in [-0.1, -0.05) is 85.2 Å². The summed E-state index contributed by atoms with van der Waals surface area (Å²) in [6, 6.07) is 13.5. The number of carbonyl (C=O) groups is 5. The predicted molar refractivity (Wildman–Crippen MR) is 251 cm³/mol. The molecule has 0 aliphatic carbocycles. The van der Waals surface area contributed by atoms with E-state index in [2.05, 4.69) is 36.3 Å². The van der Waals surface area contributed by atoms with Crippen molar-refractivity contribution in [1.29, 1.82) is 0 Å². The molecule has 0 unspecified atom stereocenters. The summed E-state index contributed by atoms with van der Waals surface area (Å²) < 4.78 is 12.1. The van der Waals surface area contributed by atoms with E-state index < -0.39 is 48.3 Å². The molecule has 352 valence electrons. The van der Waals surface area contributed by atoms with Gasteiger partial charge in [-0.25, -0.2) is 0 Å². The smallest absolute Gasteiger partial charge is 0.247 e. The molecule has 0 saturated carbocycles. The Labute approximate surface area is 377 Å². The minimum Gasteiger partial charge on any atom is -0.399 e. The Hall–Kier alpha value is -4.53. The summed E-state index contributed by atoms with van der Waals surface area (Å²) in [7, 11) is 8.53. The number of methoxy groups -OCH3 is 2. The van der Waals surface area contributed by atoms with Crippen molar-refractivity contribution in [2.24, 2.45) is 23.7 Å². The molecule has 14 heteroatoms. The van der Waals surface area contributed by atoms with Crippen molar-refractivity contribution >= 4 is 40.9 Å². The summed E-state index contributed by atoms with van der Waals surface area (Å²) in [5, 5.41) is 5.89. The number of ether oxygens (including phenoxy) is 2. The highest BCUT2D eigenvalue weighted by atomic mass is 16.5. The van der Waals surface area contributed by atoms with Gasteiger partial charge in [-0.05, 0) is 81.3 Å². The Kier molecular flexibility index (Phi) is 20.5. The van der Waals surface area contributed by atoms with Crippen molar-refractivity contribution in [3.05, 3.63) is 60.2 Å². The quantitative estimate of drug-likeness (QED) is 0.119. The average molecular weight is 878 g/mol. The highest BCUT2D eigenvalue weighted by Gasteiger charge is 2.44. The lowest BCUT2D eigenvalue weighted by molar-refractivity contribution is -0.154. The number of likely N-dealkylation sites (tertiary alicyclic amines) is 1. The first-order chi connectivity index (χ1) is 29.7. The summed E-state index contributed by atoms with van der Waals surface area (Å²) >= 11 is 0. The molecule has 14 nitrogen and oxygen atoms in total. The lowest BCUT2D eigenvalue weighted by Gasteiger charge is -2.43. The maximum absolute atomic E-state index is 14.7. The van der Waals surface area contributed by atoms with Crippen LogP contribution in [0.3, 0.4) is 0 Å². The van der Waals surface area contributed by atoms with Crippen molar-refractivity contribution in [3.8, 4) is 0 Å². The minimum atomic E-state index is -0.899. The van der Waals surface area contributed by atoms with Crippen molar-refractivity contribution < 1.29 is 33.4 Å². The molecule has 0 spiro atoms. The standard InChI is InChI=1S/C49H79N7O7/c1-15-33(8)44(55(12)49(61)43(31(4)5)54(11)48(60)42(30(2)3)53(10)32(6)7)40(62-13)29-41(57)56-27-19-22-39(56)45(63-14)34(9)46(58)52-38(28-35-20-17-16-18-21-35)47(59)51-37-25-23-36(50)24-26-37/h16-18,20-21,23-26,30-34,38-40,42-45H,15,19,22,27-29,50H2,1-14H3,(H,51,59)(H,52,58)/t33-,34+,38-,39-,40+,42-,43-,44-,45+/m0/s1. The highest BCUT2D eigenvalue weighted by Crippen LogP contribution is 2.30. The second-order valence-corrected chi connectivity index (χ2v) is 18.5. The zero-order valence-corrected chi connectivity index (χ0v) is 40.6. The molecule has 5 amide bonds. The van der Waals surface area contributed by atoms with Crippen LogP contribution < -0.4 is 16.4 Å². The second kappa shape index (κ2) is 24.5. The third-order valence-corrected chi connectivity index (χ3v) is 13.1. The van der Waals surface area contributed by atoms with E-state index in [1.807, 2.05) is 72.0 Å². The number of nitrogens with two attached hydrogens (primary N) is 1. The van der Waals surface area contributed by atoms with Crippen molar-refractivity contribution in [1.82, 2.24) is 24.9 Å². The molecular formula is C49H79N7O7. The van der Waals surface area contributed by atoms with Gasteiger partial charge in [-0.15, -0.1) is 0 Å². The fraction of sp³-hybridized carbons (Fsp3) is 0.653.